The maximum atomic E-state index is 11.8. The van der Waals surface area contributed by atoms with E-state index in [1.807, 2.05) is 30.3 Å². The number of carbonyl (C=O) groups is 2. The lowest BCUT2D eigenvalue weighted by molar-refractivity contribution is -0.757. The lowest BCUT2D eigenvalue weighted by Gasteiger charge is -2.14. The number of nitrogens with zero attached hydrogens (tertiary/aromatic N) is 1. The molecule has 1 rings (SSSR count). The minimum absolute atomic E-state index is 0.0529. The molecule has 8 nitrogen and oxygen atoms in total. The zero-order valence-electron chi connectivity index (χ0n) is 13.3. The monoisotopic (exact) mass is 338 g/mol. The highest BCUT2D eigenvalue weighted by molar-refractivity contribution is 5.83. The third kappa shape index (κ3) is 8.72. The minimum atomic E-state index is -1.07. The van der Waals surface area contributed by atoms with Gasteiger partial charge in [0.1, 0.15) is 6.04 Å². The molecule has 8 heteroatoms. The van der Waals surface area contributed by atoms with Gasteiger partial charge < -0.3 is 15.3 Å². The molecule has 0 aromatic heterocycles. The Balaban J connectivity index is 2.23. The van der Waals surface area contributed by atoms with Crippen molar-refractivity contribution >= 4 is 11.9 Å². The standard InChI is InChI=1S/C16H22N2O6/c19-15(10-6-1-2-7-11-24-18(22)23)17-14(16(20)21)12-13-8-4-3-5-9-13/h3-5,8-9,14H,1-2,6-7,10-12H2,(H,17,19)(H,20,21). The maximum Gasteiger partial charge on any atom is 0.326 e. The van der Waals surface area contributed by atoms with Crippen LogP contribution in [0.4, 0.5) is 0 Å². The number of unbranched alkanes of at least 4 members (excludes halogenated alkanes) is 3. The van der Waals surface area contributed by atoms with Gasteiger partial charge in [-0.2, -0.15) is 0 Å². The summed E-state index contributed by atoms with van der Waals surface area (Å²) in [6.07, 6.45) is 3.06. The quantitative estimate of drug-likeness (QED) is 0.341. The molecule has 1 amide bonds. The first kappa shape index (κ1) is 19.4. The van der Waals surface area contributed by atoms with Crippen molar-refractivity contribution in [3.63, 3.8) is 0 Å². The van der Waals surface area contributed by atoms with Gasteiger partial charge in [0.15, 0.2) is 0 Å². The Morgan fingerprint density at radius 1 is 1.17 bits per heavy atom. The zero-order chi connectivity index (χ0) is 17.8. The largest absolute Gasteiger partial charge is 0.480 e. The maximum absolute atomic E-state index is 11.8. The van der Waals surface area contributed by atoms with Crippen LogP contribution in [-0.2, 0) is 20.8 Å². The van der Waals surface area contributed by atoms with Gasteiger partial charge in [-0.1, -0.05) is 43.2 Å². The van der Waals surface area contributed by atoms with Crippen LogP contribution in [0, 0.1) is 10.1 Å². The van der Waals surface area contributed by atoms with Gasteiger partial charge in [0.25, 0.3) is 5.09 Å². The van der Waals surface area contributed by atoms with Gasteiger partial charge in [-0.25, -0.2) is 4.79 Å². The number of carboxylic acids is 1. The van der Waals surface area contributed by atoms with Crippen LogP contribution in [-0.4, -0.2) is 34.7 Å². The number of carboxylic acid groups (broad SMARTS) is 1. The summed E-state index contributed by atoms with van der Waals surface area (Å²) in [7, 11) is 0. The SMILES string of the molecule is O=C(CCCCCCO[N+](=O)[O-])NC(Cc1ccccc1)C(=O)O. The van der Waals surface area contributed by atoms with Crippen molar-refractivity contribution < 1.29 is 24.6 Å². The third-order valence-electron chi connectivity index (χ3n) is 3.41. The molecular weight excluding hydrogens is 316 g/mol. The predicted octanol–water partition coefficient (Wildman–Crippen LogP) is 1.96. The van der Waals surface area contributed by atoms with Crippen molar-refractivity contribution in [3.8, 4) is 0 Å². The Labute approximate surface area is 139 Å². The summed E-state index contributed by atoms with van der Waals surface area (Å²) in [6.45, 7) is 0.0529. The molecule has 2 N–H and O–H groups in total. The molecule has 0 fully saturated rings. The Kier molecular flexibility index (Phi) is 8.88. The van der Waals surface area contributed by atoms with Crippen LogP contribution in [0.3, 0.4) is 0 Å². The van der Waals surface area contributed by atoms with Crippen LogP contribution in [0.25, 0.3) is 0 Å². The number of benzene rings is 1. The van der Waals surface area contributed by atoms with Crippen LogP contribution < -0.4 is 5.32 Å². The molecule has 0 saturated carbocycles. The van der Waals surface area contributed by atoms with E-state index < -0.39 is 17.1 Å². The van der Waals surface area contributed by atoms with Crippen molar-refractivity contribution in [2.24, 2.45) is 0 Å². The van der Waals surface area contributed by atoms with Crippen LogP contribution in [0.15, 0.2) is 30.3 Å². The van der Waals surface area contributed by atoms with Crippen molar-refractivity contribution in [1.82, 2.24) is 5.32 Å². The molecule has 0 aliphatic carbocycles. The smallest absolute Gasteiger partial charge is 0.326 e. The Bertz CT molecular complexity index is 535. The van der Waals surface area contributed by atoms with E-state index in [0.29, 0.717) is 19.3 Å². The lowest BCUT2D eigenvalue weighted by Crippen LogP contribution is -2.42. The molecule has 132 valence electrons. The van der Waals surface area contributed by atoms with E-state index in [-0.39, 0.29) is 25.4 Å². The summed E-state index contributed by atoms with van der Waals surface area (Å²) in [4.78, 5) is 37.2. The Morgan fingerprint density at radius 2 is 1.83 bits per heavy atom. The summed E-state index contributed by atoms with van der Waals surface area (Å²) >= 11 is 0. The first-order valence-electron chi connectivity index (χ1n) is 7.82. The molecule has 0 aliphatic rings. The number of hydrogen-bond acceptors (Lipinski definition) is 5. The Morgan fingerprint density at radius 3 is 2.46 bits per heavy atom. The highest BCUT2D eigenvalue weighted by Crippen LogP contribution is 2.06. The molecule has 0 bridgehead atoms. The number of hydrogen-bond donors (Lipinski definition) is 2. The highest BCUT2D eigenvalue weighted by atomic mass is 16.9. The van der Waals surface area contributed by atoms with Gasteiger partial charge in [0.05, 0.1) is 6.61 Å². The second-order valence-corrected chi connectivity index (χ2v) is 5.37. The Hall–Kier alpha value is -2.64. The fourth-order valence-corrected chi connectivity index (χ4v) is 2.20. The van der Waals surface area contributed by atoms with E-state index in [1.165, 1.54) is 0 Å². The average molecular weight is 338 g/mol. The third-order valence-corrected chi connectivity index (χ3v) is 3.41. The fraction of sp³-hybridized carbons (Fsp3) is 0.500. The number of carbonyl (C=O) groups excluding carboxylic acids is 1. The topological polar surface area (TPSA) is 119 Å². The molecule has 0 spiro atoms. The molecule has 0 saturated heterocycles. The summed E-state index contributed by atoms with van der Waals surface area (Å²) in [5, 5.41) is 20.9. The first-order valence-corrected chi connectivity index (χ1v) is 7.82. The van der Waals surface area contributed by atoms with E-state index >= 15 is 0 Å². The van der Waals surface area contributed by atoms with Crippen molar-refractivity contribution in [1.29, 1.82) is 0 Å². The van der Waals surface area contributed by atoms with Gasteiger partial charge in [-0.3, -0.25) is 4.79 Å². The molecule has 24 heavy (non-hydrogen) atoms. The second kappa shape index (κ2) is 11.0. The molecule has 1 aromatic rings. The van der Waals surface area contributed by atoms with Crippen molar-refractivity contribution in [3.05, 3.63) is 46.0 Å². The van der Waals surface area contributed by atoms with Crippen molar-refractivity contribution in [2.75, 3.05) is 6.61 Å². The summed E-state index contributed by atoms with van der Waals surface area (Å²) in [5.74, 6) is -1.37. The number of nitrogens with one attached hydrogen (secondary N) is 1. The van der Waals surface area contributed by atoms with E-state index in [2.05, 4.69) is 10.2 Å². The predicted molar refractivity (Wildman–Crippen MR) is 85.7 cm³/mol. The lowest BCUT2D eigenvalue weighted by atomic mass is 10.1. The van der Waals surface area contributed by atoms with Crippen LogP contribution >= 0.6 is 0 Å². The van der Waals surface area contributed by atoms with Crippen molar-refractivity contribution in [2.45, 2.75) is 44.6 Å². The van der Waals surface area contributed by atoms with E-state index in [9.17, 15) is 24.8 Å². The molecule has 0 radical (unpaired) electrons. The van der Waals surface area contributed by atoms with Gasteiger partial charge in [0.2, 0.25) is 5.91 Å². The van der Waals surface area contributed by atoms with Gasteiger partial charge >= 0.3 is 5.97 Å². The second-order valence-electron chi connectivity index (χ2n) is 5.37. The molecule has 0 heterocycles. The first-order chi connectivity index (χ1) is 11.5. The van der Waals surface area contributed by atoms with E-state index in [0.717, 1.165) is 12.0 Å². The molecule has 1 aromatic carbocycles. The molecule has 0 aliphatic heterocycles. The summed E-state index contributed by atoms with van der Waals surface area (Å²) in [5.41, 5.74) is 0.844. The number of aliphatic carboxylic acids is 1. The molecular formula is C16H22N2O6. The number of amides is 1. The van der Waals surface area contributed by atoms with Gasteiger partial charge in [0, 0.05) is 12.8 Å². The van der Waals surface area contributed by atoms with E-state index in [1.54, 1.807) is 0 Å². The van der Waals surface area contributed by atoms with Crippen LogP contribution in [0.1, 0.15) is 37.7 Å². The molecule has 1 unspecified atom stereocenters. The zero-order valence-corrected chi connectivity index (χ0v) is 13.3. The number of rotatable bonds is 12. The highest BCUT2D eigenvalue weighted by Gasteiger charge is 2.19. The van der Waals surface area contributed by atoms with Gasteiger partial charge in [-0.05, 0) is 18.4 Å². The average Bonchev–Trinajstić information content (AvgIpc) is 2.54. The summed E-state index contributed by atoms with van der Waals surface area (Å²) < 4.78 is 0. The van der Waals surface area contributed by atoms with Gasteiger partial charge in [-0.15, -0.1) is 10.1 Å². The van der Waals surface area contributed by atoms with Crippen LogP contribution in [0.2, 0.25) is 0 Å². The normalized spacial score (nSPS) is 11.5. The molecule has 1 atom stereocenters. The summed E-state index contributed by atoms with van der Waals surface area (Å²) in [6, 6.07) is 8.16. The minimum Gasteiger partial charge on any atom is -0.480 e. The fourth-order valence-electron chi connectivity index (χ4n) is 2.20. The van der Waals surface area contributed by atoms with E-state index in [4.69, 9.17) is 0 Å². The van der Waals surface area contributed by atoms with Crippen LogP contribution in [0.5, 0.6) is 0 Å².